The topological polar surface area (TPSA) is 99.8 Å². The molecule has 2 amide bonds. The van der Waals surface area contributed by atoms with Crippen molar-refractivity contribution >= 4 is 35.0 Å². The third-order valence-corrected chi connectivity index (χ3v) is 7.00. The fraction of sp³-hybridized carbons (Fsp3) is 0.409. The van der Waals surface area contributed by atoms with Crippen molar-refractivity contribution in [1.82, 2.24) is 14.8 Å². The smallest absolute Gasteiger partial charge is 0.274 e. The number of aliphatic hydroxyl groups excluding tert-OH is 1. The van der Waals surface area contributed by atoms with Crippen LogP contribution in [0.4, 0.5) is 0 Å². The zero-order chi connectivity index (χ0) is 22.3. The van der Waals surface area contributed by atoms with Crippen LogP contribution in [0, 0.1) is 18.8 Å². The van der Waals surface area contributed by atoms with Gasteiger partial charge in [0.15, 0.2) is 6.10 Å². The summed E-state index contributed by atoms with van der Waals surface area (Å²) in [6.07, 6.45) is 0.197. The lowest BCUT2D eigenvalue weighted by molar-refractivity contribution is -0.129. The first-order valence-corrected chi connectivity index (χ1v) is 10.9. The molecule has 2 fully saturated rings. The number of carbonyl (C=O) groups is 2. The maximum absolute atomic E-state index is 12.9. The first kappa shape index (κ1) is 22.0. The molecule has 2 saturated heterocycles. The maximum atomic E-state index is 12.9. The Morgan fingerprint density at radius 1 is 1.13 bits per heavy atom. The molecule has 9 heteroatoms. The van der Waals surface area contributed by atoms with Crippen LogP contribution in [-0.2, 0) is 4.79 Å². The van der Waals surface area contributed by atoms with Crippen LogP contribution in [0.15, 0.2) is 36.5 Å². The highest BCUT2D eigenvalue weighted by Crippen LogP contribution is 2.38. The minimum Gasteiger partial charge on any atom is -0.381 e. The summed E-state index contributed by atoms with van der Waals surface area (Å²) in [5.74, 6) is -0.518. The molecule has 31 heavy (non-hydrogen) atoms. The number of nitrogens with two attached hydrogens (primary N) is 1. The zero-order valence-electron chi connectivity index (χ0n) is 17.0. The molecule has 1 aromatic carbocycles. The average molecular weight is 463 g/mol. The highest BCUT2D eigenvalue weighted by atomic mass is 35.5. The van der Waals surface area contributed by atoms with E-state index >= 15 is 0 Å². The van der Waals surface area contributed by atoms with Crippen LogP contribution in [0.3, 0.4) is 0 Å². The van der Waals surface area contributed by atoms with Crippen molar-refractivity contribution in [3.05, 3.63) is 63.4 Å². The van der Waals surface area contributed by atoms with E-state index in [1.807, 2.05) is 19.1 Å². The summed E-state index contributed by atoms with van der Waals surface area (Å²) in [7, 11) is 0. The highest BCUT2D eigenvalue weighted by Gasteiger charge is 2.46. The van der Waals surface area contributed by atoms with Crippen molar-refractivity contribution in [2.75, 3.05) is 26.2 Å². The van der Waals surface area contributed by atoms with Gasteiger partial charge < -0.3 is 15.7 Å². The molecule has 2 aliphatic heterocycles. The van der Waals surface area contributed by atoms with Gasteiger partial charge in [-0.3, -0.25) is 14.5 Å². The molecule has 2 aromatic rings. The van der Waals surface area contributed by atoms with E-state index in [4.69, 9.17) is 28.9 Å². The third-order valence-electron chi connectivity index (χ3n) is 6.28. The van der Waals surface area contributed by atoms with E-state index < -0.39 is 18.1 Å². The van der Waals surface area contributed by atoms with Crippen molar-refractivity contribution in [3.63, 3.8) is 0 Å². The summed E-state index contributed by atoms with van der Waals surface area (Å²) >= 11 is 12.4. The Labute approximate surface area is 190 Å². The van der Waals surface area contributed by atoms with Crippen LogP contribution in [-0.4, -0.2) is 64.0 Å². The molecule has 164 valence electrons. The number of hydrogen-bond donors (Lipinski definition) is 2. The van der Waals surface area contributed by atoms with Crippen molar-refractivity contribution in [1.29, 1.82) is 0 Å². The van der Waals surface area contributed by atoms with E-state index in [0.717, 1.165) is 11.1 Å². The standard InChI is InChI=1S/C22H24Cl2N4O3/c1-12-4-5-13(7-17(12)24)19(20(29)21(25)30)27-8-14-10-28(11-15(14)9-27)22(31)18-16(23)3-2-6-26-18/h2-7,14-15,19-20,29H,8-11H2,1H3,(H2,25,30). The fourth-order valence-electron chi connectivity index (χ4n) is 4.66. The SMILES string of the molecule is Cc1ccc(C(C(O)C(N)=O)N2CC3CN(C(=O)c4ncccc4Cl)CC3C2)cc1Cl. The van der Waals surface area contributed by atoms with Gasteiger partial charge in [0.25, 0.3) is 5.91 Å². The van der Waals surface area contributed by atoms with Gasteiger partial charge in [-0.2, -0.15) is 0 Å². The number of aryl methyl sites for hydroxylation is 1. The largest absolute Gasteiger partial charge is 0.381 e. The number of likely N-dealkylation sites (tertiary alicyclic amines) is 2. The lowest BCUT2D eigenvalue weighted by Crippen LogP contribution is -2.44. The van der Waals surface area contributed by atoms with Crippen LogP contribution < -0.4 is 5.73 Å². The fourth-order valence-corrected chi connectivity index (χ4v) is 5.05. The van der Waals surface area contributed by atoms with Gasteiger partial charge in [0, 0.05) is 37.4 Å². The van der Waals surface area contributed by atoms with Gasteiger partial charge in [-0.25, -0.2) is 4.98 Å². The number of halogens is 2. The number of benzene rings is 1. The molecule has 0 saturated carbocycles. The Hall–Kier alpha value is -2.19. The van der Waals surface area contributed by atoms with Gasteiger partial charge in [-0.15, -0.1) is 0 Å². The highest BCUT2D eigenvalue weighted by molar-refractivity contribution is 6.33. The molecule has 3 heterocycles. The van der Waals surface area contributed by atoms with Crippen LogP contribution in [0.5, 0.6) is 0 Å². The normalized spacial score (nSPS) is 22.9. The Balaban J connectivity index is 1.51. The Bertz CT molecular complexity index is 1000. The van der Waals surface area contributed by atoms with Crippen molar-refractivity contribution in [2.24, 2.45) is 17.6 Å². The van der Waals surface area contributed by atoms with Gasteiger partial charge >= 0.3 is 0 Å². The molecular formula is C22H24Cl2N4O3. The molecule has 3 N–H and O–H groups in total. The van der Waals surface area contributed by atoms with Gasteiger partial charge in [0.05, 0.1) is 11.1 Å². The number of rotatable bonds is 5. The van der Waals surface area contributed by atoms with Crippen LogP contribution >= 0.6 is 23.2 Å². The zero-order valence-corrected chi connectivity index (χ0v) is 18.6. The molecule has 0 aliphatic carbocycles. The summed E-state index contributed by atoms with van der Waals surface area (Å²) in [5, 5.41) is 11.5. The number of aromatic nitrogens is 1. The van der Waals surface area contributed by atoms with Crippen molar-refractivity contribution in [3.8, 4) is 0 Å². The number of primary amides is 1. The van der Waals surface area contributed by atoms with E-state index in [2.05, 4.69) is 9.88 Å². The maximum Gasteiger partial charge on any atom is 0.274 e. The number of amides is 2. The summed E-state index contributed by atoms with van der Waals surface area (Å²) in [5.41, 5.74) is 7.37. The molecule has 4 atom stereocenters. The molecule has 0 bridgehead atoms. The molecule has 4 rings (SSSR count). The molecule has 0 radical (unpaired) electrons. The summed E-state index contributed by atoms with van der Waals surface area (Å²) < 4.78 is 0. The van der Waals surface area contributed by atoms with Gasteiger partial charge in [0.2, 0.25) is 5.91 Å². The minimum absolute atomic E-state index is 0.175. The Morgan fingerprint density at radius 2 is 1.81 bits per heavy atom. The lowest BCUT2D eigenvalue weighted by atomic mass is 9.98. The molecule has 4 unspecified atom stereocenters. The Morgan fingerprint density at radius 3 is 2.39 bits per heavy atom. The average Bonchev–Trinajstić information content (AvgIpc) is 3.30. The predicted molar refractivity (Wildman–Crippen MR) is 118 cm³/mol. The van der Waals surface area contributed by atoms with E-state index in [0.29, 0.717) is 36.2 Å². The number of hydrogen-bond acceptors (Lipinski definition) is 5. The quantitative estimate of drug-likeness (QED) is 0.709. The molecule has 7 nitrogen and oxygen atoms in total. The molecular weight excluding hydrogens is 439 g/mol. The summed E-state index contributed by atoms with van der Waals surface area (Å²) in [6, 6.07) is 8.27. The predicted octanol–water partition coefficient (Wildman–Crippen LogP) is 2.29. The number of nitrogens with zero attached hydrogens (tertiary/aromatic N) is 3. The monoisotopic (exact) mass is 462 g/mol. The van der Waals surface area contributed by atoms with Gasteiger partial charge in [-0.1, -0.05) is 35.3 Å². The van der Waals surface area contributed by atoms with E-state index in [1.165, 1.54) is 0 Å². The second-order valence-electron chi connectivity index (χ2n) is 8.32. The first-order valence-electron chi connectivity index (χ1n) is 10.1. The number of fused-ring (bicyclic) bond motifs is 1. The second kappa shape index (κ2) is 8.74. The van der Waals surface area contributed by atoms with Crippen LogP contribution in [0.2, 0.25) is 10.0 Å². The van der Waals surface area contributed by atoms with Crippen LogP contribution in [0.25, 0.3) is 0 Å². The molecule has 1 aromatic heterocycles. The third kappa shape index (κ3) is 4.28. The second-order valence-corrected chi connectivity index (χ2v) is 9.13. The number of carbonyl (C=O) groups excluding carboxylic acids is 2. The van der Waals surface area contributed by atoms with Crippen molar-refractivity contribution < 1.29 is 14.7 Å². The number of pyridine rings is 1. The van der Waals surface area contributed by atoms with Crippen molar-refractivity contribution in [2.45, 2.75) is 19.1 Å². The molecule has 2 aliphatic rings. The van der Waals surface area contributed by atoms with Crippen LogP contribution in [0.1, 0.15) is 27.7 Å². The minimum atomic E-state index is -1.36. The summed E-state index contributed by atoms with van der Waals surface area (Å²) in [4.78, 5) is 32.7. The van der Waals surface area contributed by atoms with E-state index in [-0.39, 0.29) is 23.4 Å². The first-order chi connectivity index (χ1) is 14.8. The summed E-state index contributed by atoms with van der Waals surface area (Å²) in [6.45, 7) is 4.29. The number of aliphatic hydroxyl groups is 1. The van der Waals surface area contributed by atoms with Gasteiger partial charge in [-0.05, 0) is 48.1 Å². The van der Waals surface area contributed by atoms with Gasteiger partial charge in [0.1, 0.15) is 5.69 Å². The van der Waals surface area contributed by atoms with E-state index in [1.54, 1.807) is 29.3 Å². The Kier molecular flexibility index (Phi) is 6.21. The van der Waals surface area contributed by atoms with E-state index in [9.17, 15) is 14.7 Å². The molecule has 0 spiro atoms. The lowest BCUT2D eigenvalue weighted by Gasteiger charge is -2.32.